The van der Waals surface area contributed by atoms with Crippen LogP contribution in [0.4, 0.5) is 0 Å². The molecule has 3 aromatic heterocycles. The first-order chi connectivity index (χ1) is 12.5. The Balaban J connectivity index is 1.49. The third kappa shape index (κ3) is 2.74. The number of aryl methyl sites for hydroxylation is 1. The summed E-state index contributed by atoms with van der Waals surface area (Å²) in [5, 5.41) is 8.04. The maximum Gasteiger partial charge on any atom is 0.259 e. The number of aromatic nitrogens is 5. The average molecular weight is 375 g/mol. The molecule has 10 nitrogen and oxygen atoms in total. The number of carbonyl (C=O) groups excluding carboxylic acids is 1. The molecule has 1 aliphatic rings. The van der Waals surface area contributed by atoms with Crippen molar-refractivity contribution >= 4 is 21.6 Å². The van der Waals surface area contributed by atoms with Gasteiger partial charge in [-0.15, -0.1) is 0 Å². The molecule has 0 aliphatic carbocycles. The molecular formula is C15H17N7O3S. The normalized spacial score (nSPS) is 16.3. The molecule has 0 bridgehead atoms. The van der Waals surface area contributed by atoms with E-state index in [0.29, 0.717) is 24.3 Å². The molecule has 136 valence electrons. The van der Waals surface area contributed by atoms with Crippen LogP contribution in [0.15, 0.2) is 41.9 Å². The molecule has 0 aromatic carbocycles. The van der Waals surface area contributed by atoms with Crippen molar-refractivity contribution in [2.24, 2.45) is 7.05 Å². The van der Waals surface area contributed by atoms with E-state index in [1.807, 2.05) is 0 Å². The zero-order chi connectivity index (χ0) is 18.3. The van der Waals surface area contributed by atoms with Gasteiger partial charge in [0.1, 0.15) is 10.5 Å². The summed E-state index contributed by atoms with van der Waals surface area (Å²) in [5.74, 6) is -0.197. The average Bonchev–Trinajstić information content (AvgIpc) is 3.28. The van der Waals surface area contributed by atoms with Crippen molar-refractivity contribution in [1.29, 1.82) is 0 Å². The number of sulfonamides is 1. The molecule has 1 saturated heterocycles. The highest BCUT2D eigenvalue weighted by Crippen LogP contribution is 2.18. The lowest BCUT2D eigenvalue weighted by atomic mass is 10.2. The first-order valence-electron chi connectivity index (χ1n) is 8.03. The number of carbonyl (C=O) groups is 1. The standard InChI is InChI=1S/C15H17N7O3S/c1-19-11-12(9-17-19)26(24,25)21-7-5-20(6-8-21)15(23)13-10-18-22-4-2-3-16-14(13)22/h2-4,9-11H,5-8H2,1H3. The van der Waals surface area contributed by atoms with E-state index in [1.165, 1.54) is 32.1 Å². The summed E-state index contributed by atoms with van der Waals surface area (Å²) < 4.78 is 29.6. The Morgan fingerprint density at radius 2 is 1.88 bits per heavy atom. The Morgan fingerprint density at radius 3 is 2.58 bits per heavy atom. The molecule has 11 heteroatoms. The number of rotatable bonds is 3. The molecule has 3 aromatic rings. The van der Waals surface area contributed by atoms with Gasteiger partial charge in [-0.2, -0.15) is 14.5 Å². The van der Waals surface area contributed by atoms with Crippen LogP contribution in [0, 0.1) is 0 Å². The second-order valence-electron chi connectivity index (χ2n) is 5.99. The van der Waals surface area contributed by atoms with E-state index < -0.39 is 10.0 Å². The fraction of sp³-hybridized carbons (Fsp3) is 0.333. The molecule has 0 saturated carbocycles. The fourth-order valence-electron chi connectivity index (χ4n) is 2.96. The van der Waals surface area contributed by atoms with E-state index in [1.54, 1.807) is 30.4 Å². The molecule has 0 N–H and O–H groups in total. The Kier molecular flexibility index (Phi) is 3.96. The van der Waals surface area contributed by atoms with Gasteiger partial charge in [0.25, 0.3) is 5.91 Å². The van der Waals surface area contributed by atoms with Crippen LogP contribution < -0.4 is 0 Å². The topological polar surface area (TPSA) is 106 Å². The van der Waals surface area contributed by atoms with Crippen LogP contribution in [0.3, 0.4) is 0 Å². The highest BCUT2D eigenvalue weighted by molar-refractivity contribution is 7.89. The number of amides is 1. The van der Waals surface area contributed by atoms with Crippen molar-refractivity contribution in [2.75, 3.05) is 26.2 Å². The minimum atomic E-state index is -3.60. The van der Waals surface area contributed by atoms with Crippen molar-refractivity contribution < 1.29 is 13.2 Å². The third-order valence-electron chi connectivity index (χ3n) is 4.35. The predicted octanol–water partition coefficient (Wildman–Crippen LogP) is -0.390. The first kappa shape index (κ1) is 16.7. The van der Waals surface area contributed by atoms with Gasteiger partial charge in [-0.3, -0.25) is 9.48 Å². The van der Waals surface area contributed by atoms with E-state index in [4.69, 9.17) is 0 Å². The Hall–Kier alpha value is -2.79. The molecule has 1 fully saturated rings. The van der Waals surface area contributed by atoms with Crippen LogP contribution in [-0.4, -0.2) is 74.1 Å². The van der Waals surface area contributed by atoms with Crippen molar-refractivity contribution in [1.82, 2.24) is 33.6 Å². The Bertz CT molecular complexity index is 1060. The lowest BCUT2D eigenvalue weighted by Gasteiger charge is -2.33. The molecule has 4 rings (SSSR count). The SMILES string of the molecule is Cn1cc(S(=O)(=O)N2CCN(C(=O)c3cnn4cccnc34)CC2)cn1. The summed E-state index contributed by atoms with van der Waals surface area (Å²) in [6, 6.07) is 1.73. The summed E-state index contributed by atoms with van der Waals surface area (Å²) >= 11 is 0. The van der Waals surface area contributed by atoms with Crippen molar-refractivity contribution in [3.8, 4) is 0 Å². The van der Waals surface area contributed by atoms with Crippen LogP contribution in [-0.2, 0) is 17.1 Å². The molecule has 1 amide bonds. The summed E-state index contributed by atoms with van der Waals surface area (Å²) in [7, 11) is -1.93. The van der Waals surface area contributed by atoms with Gasteiger partial charge in [0.2, 0.25) is 10.0 Å². The van der Waals surface area contributed by atoms with E-state index in [-0.39, 0.29) is 23.9 Å². The van der Waals surface area contributed by atoms with E-state index >= 15 is 0 Å². The zero-order valence-electron chi connectivity index (χ0n) is 14.1. The highest BCUT2D eigenvalue weighted by atomic mass is 32.2. The van der Waals surface area contributed by atoms with E-state index in [2.05, 4.69) is 15.2 Å². The van der Waals surface area contributed by atoms with Crippen LogP contribution in [0.2, 0.25) is 0 Å². The monoisotopic (exact) mass is 375 g/mol. The van der Waals surface area contributed by atoms with Crippen LogP contribution in [0.1, 0.15) is 10.4 Å². The van der Waals surface area contributed by atoms with Crippen molar-refractivity contribution in [3.05, 3.63) is 42.6 Å². The number of hydrogen-bond donors (Lipinski definition) is 0. The predicted molar refractivity (Wildman–Crippen MR) is 90.9 cm³/mol. The van der Waals surface area contributed by atoms with Gasteiger partial charge < -0.3 is 4.90 Å². The zero-order valence-corrected chi connectivity index (χ0v) is 14.9. The second-order valence-corrected chi connectivity index (χ2v) is 7.93. The van der Waals surface area contributed by atoms with Gasteiger partial charge in [0, 0.05) is 51.8 Å². The number of piperazine rings is 1. The smallest absolute Gasteiger partial charge is 0.259 e. The molecule has 0 atom stereocenters. The number of nitrogens with zero attached hydrogens (tertiary/aromatic N) is 7. The highest BCUT2D eigenvalue weighted by Gasteiger charge is 2.32. The molecule has 0 spiro atoms. The lowest BCUT2D eigenvalue weighted by molar-refractivity contribution is 0.0699. The van der Waals surface area contributed by atoms with Gasteiger partial charge >= 0.3 is 0 Å². The Labute approximate surface area is 149 Å². The number of hydrogen-bond acceptors (Lipinski definition) is 6. The van der Waals surface area contributed by atoms with Crippen LogP contribution >= 0.6 is 0 Å². The maximum atomic E-state index is 12.8. The molecule has 4 heterocycles. The summed E-state index contributed by atoms with van der Waals surface area (Å²) in [5.41, 5.74) is 0.900. The van der Waals surface area contributed by atoms with Gasteiger partial charge in [-0.05, 0) is 6.07 Å². The lowest BCUT2D eigenvalue weighted by Crippen LogP contribution is -2.50. The summed E-state index contributed by atoms with van der Waals surface area (Å²) in [6.07, 6.45) is 7.61. The molecule has 0 radical (unpaired) electrons. The Morgan fingerprint density at radius 1 is 1.12 bits per heavy atom. The van der Waals surface area contributed by atoms with Crippen LogP contribution in [0.5, 0.6) is 0 Å². The second kappa shape index (κ2) is 6.18. The molecule has 1 aliphatic heterocycles. The molecule has 26 heavy (non-hydrogen) atoms. The first-order valence-corrected chi connectivity index (χ1v) is 9.47. The minimum absolute atomic E-state index is 0.159. The summed E-state index contributed by atoms with van der Waals surface area (Å²) in [4.78, 5) is 18.7. The van der Waals surface area contributed by atoms with Gasteiger partial charge in [-0.25, -0.2) is 17.9 Å². The molecular weight excluding hydrogens is 358 g/mol. The van der Waals surface area contributed by atoms with Crippen molar-refractivity contribution in [3.63, 3.8) is 0 Å². The van der Waals surface area contributed by atoms with E-state index in [9.17, 15) is 13.2 Å². The minimum Gasteiger partial charge on any atom is -0.336 e. The van der Waals surface area contributed by atoms with Crippen LogP contribution in [0.25, 0.3) is 5.65 Å². The molecule has 0 unspecified atom stereocenters. The van der Waals surface area contributed by atoms with Gasteiger partial charge in [0.05, 0.1) is 12.4 Å². The van der Waals surface area contributed by atoms with Gasteiger partial charge in [0.15, 0.2) is 5.65 Å². The van der Waals surface area contributed by atoms with Crippen molar-refractivity contribution in [2.45, 2.75) is 4.90 Å². The fourth-order valence-corrected chi connectivity index (χ4v) is 4.37. The number of fused-ring (bicyclic) bond motifs is 1. The maximum absolute atomic E-state index is 12.8. The third-order valence-corrected chi connectivity index (χ3v) is 6.21. The quantitative estimate of drug-likeness (QED) is 0.617. The van der Waals surface area contributed by atoms with E-state index in [0.717, 1.165) is 0 Å². The largest absolute Gasteiger partial charge is 0.336 e. The van der Waals surface area contributed by atoms with Gasteiger partial charge in [-0.1, -0.05) is 0 Å². The summed E-state index contributed by atoms with van der Waals surface area (Å²) in [6.45, 7) is 1.08.